The molecule has 0 aliphatic carbocycles. The number of nitrogens with one attached hydrogen (secondary N) is 2. The van der Waals surface area contributed by atoms with Crippen LogP contribution >= 0.6 is 0 Å². The van der Waals surface area contributed by atoms with Gasteiger partial charge in [0.05, 0.1) is 5.41 Å². The Labute approximate surface area is 116 Å². The molecule has 112 valence electrons. The van der Waals surface area contributed by atoms with Gasteiger partial charge in [0.1, 0.15) is 0 Å². The van der Waals surface area contributed by atoms with E-state index in [9.17, 15) is 14.7 Å². The summed E-state index contributed by atoms with van der Waals surface area (Å²) in [5, 5.41) is 14.7. The lowest BCUT2D eigenvalue weighted by Crippen LogP contribution is -2.46. The van der Waals surface area contributed by atoms with Gasteiger partial charge in [0.25, 0.3) is 0 Å². The molecule has 0 aromatic heterocycles. The van der Waals surface area contributed by atoms with Gasteiger partial charge in [0.15, 0.2) is 0 Å². The number of carboxylic acids is 1. The minimum Gasteiger partial charge on any atom is -0.481 e. The molecule has 0 heterocycles. The van der Waals surface area contributed by atoms with Crippen LogP contribution in [0.5, 0.6) is 0 Å². The van der Waals surface area contributed by atoms with Gasteiger partial charge in [-0.2, -0.15) is 0 Å². The molecule has 0 atom stereocenters. The van der Waals surface area contributed by atoms with E-state index in [4.69, 9.17) is 0 Å². The van der Waals surface area contributed by atoms with Crippen molar-refractivity contribution in [1.82, 2.24) is 10.6 Å². The summed E-state index contributed by atoms with van der Waals surface area (Å²) in [6, 6.07) is -0.281. The van der Waals surface area contributed by atoms with Gasteiger partial charge in [0.2, 0.25) is 0 Å². The topological polar surface area (TPSA) is 78.4 Å². The lowest BCUT2D eigenvalue weighted by Gasteiger charge is -2.26. The van der Waals surface area contributed by atoms with E-state index in [0.717, 1.165) is 12.8 Å². The molecule has 0 radical (unpaired) electrons. The van der Waals surface area contributed by atoms with Crippen LogP contribution in [-0.2, 0) is 4.79 Å². The maximum absolute atomic E-state index is 11.6. The van der Waals surface area contributed by atoms with Crippen molar-refractivity contribution < 1.29 is 14.7 Å². The molecule has 0 aromatic rings. The monoisotopic (exact) mass is 272 g/mol. The molecule has 0 fully saturated rings. The molecule has 0 bridgehead atoms. The smallest absolute Gasteiger partial charge is 0.314 e. The molecule has 2 amide bonds. The van der Waals surface area contributed by atoms with Crippen LogP contribution in [0.15, 0.2) is 0 Å². The molecule has 0 rings (SSSR count). The van der Waals surface area contributed by atoms with Crippen molar-refractivity contribution in [1.29, 1.82) is 0 Å². The fourth-order valence-corrected chi connectivity index (χ4v) is 1.90. The van der Waals surface area contributed by atoms with Gasteiger partial charge in [-0.05, 0) is 31.6 Å². The number of hydrogen-bond acceptors (Lipinski definition) is 2. The zero-order chi connectivity index (χ0) is 14.9. The number of aliphatic carboxylic acids is 1. The predicted molar refractivity (Wildman–Crippen MR) is 76.1 cm³/mol. The molecule has 19 heavy (non-hydrogen) atoms. The molecular formula is C14H28N2O3. The maximum atomic E-state index is 11.6. The average Bonchev–Trinajstić information content (AvgIpc) is 2.36. The van der Waals surface area contributed by atoms with Crippen molar-refractivity contribution in [2.24, 2.45) is 11.3 Å². The number of carboxylic acid groups (broad SMARTS) is 1. The van der Waals surface area contributed by atoms with Gasteiger partial charge in [-0.15, -0.1) is 0 Å². The van der Waals surface area contributed by atoms with E-state index in [-0.39, 0.29) is 12.6 Å². The summed E-state index contributed by atoms with van der Waals surface area (Å²) in [5.74, 6) is -0.220. The van der Waals surface area contributed by atoms with Crippen molar-refractivity contribution in [3.63, 3.8) is 0 Å². The Hall–Kier alpha value is -1.26. The number of rotatable bonds is 9. The summed E-state index contributed by atoms with van der Waals surface area (Å²) in [7, 11) is 0. The third-order valence-electron chi connectivity index (χ3n) is 3.64. The molecule has 0 saturated carbocycles. The maximum Gasteiger partial charge on any atom is 0.314 e. The zero-order valence-electron chi connectivity index (χ0n) is 12.6. The fraction of sp³-hybridized carbons (Fsp3) is 0.857. The second-order valence-electron chi connectivity index (χ2n) is 5.44. The third kappa shape index (κ3) is 6.45. The average molecular weight is 272 g/mol. The van der Waals surface area contributed by atoms with Gasteiger partial charge in [-0.25, -0.2) is 4.79 Å². The largest absolute Gasteiger partial charge is 0.481 e. The van der Waals surface area contributed by atoms with E-state index in [2.05, 4.69) is 24.5 Å². The number of hydrogen-bond donors (Lipinski definition) is 3. The van der Waals surface area contributed by atoms with Gasteiger partial charge in [-0.3, -0.25) is 4.79 Å². The van der Waals surface area contributed by atoms with Gasteiger partial charge in [0, 0.05) is 13.1 Å². The quantitative estimate of drug-likeness (QED) is 0.564. The lowest BCUT2D eigenvalue weighted by molar-refractivity contribution is -0.149. The van der Waals surface area contributed by atoms with E-state index < -0.39 is 11.4 Å². The molecule has 0 unspecified atom stereocenters. The highest BCUT2D eigenvalue weighted by Gasteiger charge is 2.35. The first kappa shape index (κ1) is 17.7. The van der Waals surface area contributed by atoms with Gasteiger partial charge in [-0.1, -0.05) is 27.7 Å². The van der Waals surface area contributed by atoms with Crippen molar-refractivity contribution in [3.8, 4) is 0 Å². The Morgan fingerprint density at radius 2 is 1.74 bits per heavy atom. The van der Waals surface area contributed by atoms with Crippen molar-refractivity contribution >= 4 is 12.0 Å². The molecule has 5 heteroatoms. The van der Waals surface area contributed by atoms with Crippen LogP contribution in [0.4, 0.5) is 4.79 Å². The minimum atomic E-state index is -0.852. The Morgan fingerprint density at radius 1 is 1.16 bits per heavy atom. The summed E-state index contributed by atoms with van der Waals surface area (Å²) in [6.07, 6.45) is 3.03. The highest BCUT2D eigenvalue weighted by Crippen LogP contribution is 2.25. The Morgan fingerprint density at radius 3 is 2.16 bits per heavy atom. The van der Waals surface area contributed by atoms with Crippen LogP contribution in [0.3, 0.4) is 0 Å². The minimum absolute atomic E-state index is 0.172. The Balaban J connectivity index is 4.03. The van der Waals surface area contributed by atoms with Crippen LogP contribution < -0.4 is 10.6 Å². The molecule has 0 aliphatic rings. The van der Waals surface area contributed by atoms with Crippen LogP contribution in [0.25, 0.3) is 0 Å². The van der Waals surface area contributed by atoms with Gasteiger partial charge < -0.3 is 15.7 Å². The number of urea groups is 1. The normalized spacial score (nSPS) is 11.4. The van der Waals surface area contributed by atoms with E-state index in [1.54, 1.807) is 0 Å². The molecule has 0 spiro atoms. The summed E-state index contributed by atoms with van der Waals surface area (Å²) in [4.78, 5) is 22.8. The van der Waals surface area contributed by atoms with E-state index in [1.807, 2.05) is 13.8 Å². The summed E-state index contributed by atoms with van der Waals surface area (Å²) < 4.78 is 0. The summed E-state index contributed by atoms with van der Waals surface area (Å²) >= 11 is 0. The van der Waals surface area contributed by atoms with Crippen molar-refractivity contribution in [2.45, 2.75) is 53.4 Å². The molecule has 5 nitrogen and oxygen atoms in total. The molecule has 0 aliphatic heterocycles. The second kappa shape index (κ2) is 8.77. The summed E-state index contributed by atoms with van der Waals surface area (Å²) in [6.45, 7) is 8.75. The number of carbonyl (C=O) groups excluding carboxylic acids is 1. The van der Waals surface area contributed by atoms with Crippen LogP contribution in [-0.4, -0.2) is 30.2 Å². The Kier molecular flexibility index (Phi) is 8.19. The van der Waals surface area contributed by atoms with E-state index >= 15 is 0 Å². The lowest BCUT2D eigenvalue weighted by atomic mass is 9.82. The first-order valence-corrected chi connectivity index (χ1v) is 7.13. The summed E-state index contributed by atoms with van der Waals surface area (Å²) in [5.41, 5.74) is -0.852. The highest BCUT2D eigenvalue weighted by molar-refractivity contribution is 5.78. The first-order valence-electron chi connectivity index (χ1n) is 7.13. The van der Waals surface area contributed by atoms with Crippen LogP contribution in [0.1, 0.15) is 53.4 Å². The van der Waals surface area contributed by atoms with Gasteiger partial charge >= 0.3 is 12.0 Å². The van der Waals surface area contributed by atoms with Crippen molar-refractivity contribution in [2.75, 3.05) is 13.1 Å². The zero-order valence-corrected chi connectivity index (χ0v) is 12.6. The van der Waals surface area contributed by atoms with Crippen molar-refractivity contribution in [3.05, 3.63) is 0 Å². The molecular weight excluding hydrogens is 244 g/mol. The standard InChI is InChI=1S/C14H28N2O3/c1-5-14(6-2,12(17)18)10-16-13(19)15-9-7-8-11(3)4/h11H,5-10H2,1-4H3,(H,17,18)(H2,15,16,19). The Bertz CT molecular complexity index is 286. The van der Waals surface area contributed by atoms with E-state index in [1.165, 1.54) is 0 Å². The molecule has 3 N–H and O–H groups in total. The predicted octanol–water partition coefficient (Wildman–Crippen LogP) is 2.61. The number of carbonyl (C=O) groups is 2. The molecule has 0 saturated heterocycles. The number of amides is 2. The van der Waals surface area contributed by atoms with Crippen LogP contribution in [0.2, 0.25) is 0 Å². The van der Waals surface area contributed by atoms with Crippen LogP contribution in [0, 0.1) is 11.3 Å². The first-order chi connectivity index (χ1) is 8.88. The SMILES string of the molecule is CCC(CC)(CNC(=O)NCCCC(C)C)C(=O)O. The highest BCUT2D eigenvalue weighted by atomic mass is 16.4. The third-order valence-corrected chi connectivity index (χ3v) is 3.64. The second-order valence-corrected chi connectivity index (χ2v) is 5.44. The fourth-order valence-electron chi connectivity index (χ4n) is 1.90. The molecule has 0 aromatic carbocycles. The van der Waals surface area contributed by atoms with E-state index in [0.29, 0.717) is 25.3 Å².